The van der Waals surface area contributed by atoms with Crippen LogP contribution in [0.2, 0.25) is 12.1 Å². The van der Waals surface area contributed by atoms with Crippen molar-refractivity contribution in [1.29, 1.82) is 0 Å². The average Bonchev–Trinajstić information content (AvgIpc) is 2.85. The molecule has 26 heavy (non-hydrogen) atoms. The fourth-order valence-electron chi connectivity index (χ4n) is 4.44. The number of rotatable bonds is 4. The zero-order valence-corrected chi connectivity index (χ0v) is 18.2. The maximum absolute atomic E-state index is 6.46. The van der Waals surface area contributed by atoms with Gasteiger partial charge in [-0.15, -0.1) is 0 Å². The molecule has 0 spiro atoms. The minimum absolute atomic E-state index is 0.179. The SMILES string of the molecule is CC1(C)OB(CC(B2OC(C)(C)C(C)(C)O2)C2CCCCC2)OC1(C)C. The molecule has 4 nitrogen and oxygen atoms in total. The van der Waals surface area contributed by atoms with Gasteiger partial charge in [0.2, 0.25) is 0 Å². The summed E-state index contributed by atoms with van der Waals surface area (Å²) in [7, 11) is -0.368. The molecule has 0 aromatic rings. The summed E-state index contributed by atoms with van der Waals surface area (Å²) in [6.07, 6.45) is 7.33. The molecule has 2 aliphatic heterocycles. The summed E-state index contributed by atoms with van der Waals surface area (Å²) in [4.78, 5) is 0. The molecule has 3 fully saturated rings. The first-order valence-electron chi connectivity index (χ1n) is 10.6. The predicted molar refractivity (Wildman–Crippen MR) is 107 cm³/mol. The van der Waals surface area contributed by atoms with Crippen molar-refractivity contribution >= 4 is 14.2 Å². The Kier molecular flexibility index (Phi) is 5.40. The molecule has 1 saturated carbocycles. The Morgan fingerprint density at radius 3 is 1.58 bits per heavy atom. The van der Waals surface area contributed by atoms with Gasteiger partial charge in [0.15, 0.2) is 0 Å². The van der Waals surface area contributed by atoms with Crippen LogP contribution >= 0.6 is 0 Å². The molecule has 2 heterocycles. The van der Waals surface area contributed by atoms with E-state index >= 15 is 0 Å². The molecule has 0 aromatic heterocycles. The quantitative estimate of drug-likeness (QED) is 0.649. The lowest BCUT2D eigenvalue weighted by Crippen LogP contribution is -2.41. The average molecular weight is 364 g/mol. The third-order valence-corrected chi connectivity index (χ3v) is 7.64. The summed E-state index contributed by atoms with van der Waals surface area (Å²) in [6.45, 7) is 17.0. The van der Waals surface area contributed by atoms with Crippen molar-refractivity contribution in [3.63, 3.8) is 0 Å². The van der Waals surface area contributed by atoms with E-state index < -0.39 is 0 Å². The van der Waals surface area contributed by atoms with Crippen LogP contribution in [0.5, 0.6) is 0 Å². The van der Waals surface area contributed by atoms with E-state index in [-0.39, 0.29) is 36.6 Å². The molecule has 0 radical (unpaired) electrons. The van der Waals surface area contributed by atoms with Gasteiger partial charge in [-0.1, -0.05) is 32.1 Å². The lowest BCUT2D eigenvalue weighted by Gasteiger charge is -2.32. The Balaban J connectivity index is 1.77. The molecule has 0 amide bonds. The minimum atomic E-state index is -0.291. The summed E-state index contributed by atoms with van der Waals surface area (Å²) in [5, 5.41) is 0. The first-order chi connectivity index (χ1) is 11.8. The van der Waals surface area contributed by atoms with Crippen LogP contribution in [0.3, 0.4) is 0 Å². The Morgan fingerprint density at radius 2 is 1.12 bits per heavy atom. The highest BCUT2D eigenvalue weighted by Gasteiger charge is 2.58. The van der Waals surface area contributed by atoms with E-state index in [0.29, 0.717) is 11.7 Å². The summed E-state index contributed by atoms with van der Waals surface area (Å²) in [5.74, 6) is 0.934. The lowest BCUT2D eigenvalue weighted by molar-refractivity contribution is 0.00578. The standard InChI is InChI=1S/C20H38B2O4/c1-17(2)18(3,4)24-21(23-17)14-16(15-12-10-9-11-13-15)22-25-19(5,6)20(7,8)26-22/h15-16H,9-14H2,1-8H3. The molecule has 3 aliphatic rings. The highest BCUT2D eigenvalue weighted by Crippen LogP contribution is 2.48. The third kappa shape index (κ3) is 3.76. The summed E-state index contributed by atoms with van der Waals surface area (Å²) >= 11 is 0. The van der Waals surface area contributed by atoms with Crippen LogP contribution in [0.15, 0.2) is 0 Å². The van der Waals surface area contributed by atoms with Gasteiger partial charge in [0.25, 0.3) is 0 Å². The Hall–Kier alpha value is -0.0301. The van der Waals surface area contributed by atoms with Crippen LogP contribution in [-0.4, -0.2) is 36.6 Å². The summed E-state index contributed by atoms with van der Waals surface area (Å²) in [6, 6.07) is 0. The zero-order valence-electron chi connectivity index (χ0n) is 18.2. The van der Waals surface area contributed by atoms with E-state index in [2.05, 4.69) is 55.4 Å². The molecule has 1 unspecified atom stereocenters. The van der Waals surface area contributed by atoms with Gasteiger partial charge in [-0.25, -0.2) is 0 Å². The van der Waals surface area contributed by atoms with Crippen molar-refractivity contribution in [3.8, 4) is 0 Å². The highest BCUT2D eigenvalue weighted by molar-refractivity contribution is 6.53. The molecule has 0 bridgehead atoms. The van der Waals surface area contributed by atoms with Gasteiger partial charge < -0.3 is 18.6 Å². The van der Waals surface area contributed by atoms with Gasteiger partial charge >= 0.3 is 14.2 Å². The van der Waals surface area contributed by atoms with E-state index in [1.807, 2.05) is 0 Å². The van der Waals surface area contributed by atoms with Gasteiger partial charge in [0.1, 0.15) is 0 Å². The second-order valence-electron chi connectivity index (χ2n) is 10.6. The van der Waals surface area contributed by atoms with Gasteiger partial charge in [-0.05, 0) is 73.4 Å². The Bertz CT molecular complexity index is 480. The molecule has 148 valence electrons. The van der Waals surface area contributed by atoms with Gasteiger partial charge in [0.05, 0.1) is 22.4 Å². The molecule has 1 aliphatic carbocycles. The van der Waals surface area contributed by atoms with Crippen molar-refractivity contribution in [2.45, 2.75) is 122 Å². The smallest absolute Gasteiger partial charge is 0.403 e. The maximum Gasteiger partial charge on any atom is 0.460 e. The Morgan fingerprint density at radius 1 is 0.692 bits per heavy atom. The van der Waals surface area contributed by atoms with Crippen molar-refractivity contribution in [2.75, 3.05) is 0 Å². The van der Waals surface area contributed by atoms with Gasteiger partial charge in [0, 0.05) is 0 Å². The van der Waals surface area contributed by atoms with E-state index in [4.69, 9.17) is 18.6 Å². The van der Waals surface area contributed by atoms with Gasteiger partial charge in [-0.2, -0.15) is 0 Å². The van der Waals surface area contributed by atoms with Crippen molar-refractivity contribution < 1.29 is 18.6 Å². The first kappa shape index (κ1) is 20.7. The molecular weight excluding hydrogens is 326 g/mol. The lowest BCUT2D eigenvalue weighted by atomic mass is 9.54. The van der Waals surface area contributed by atoms with Crippen molar-refractivity contribution in [3.05, 3.63) is 0 Å². The van der Waals surface area contributed by atoms with Crippen LogP contribution in [-0.2, 0) is 18.6 Å². The number of hydrogen-bond acceptors (Lipinski definition) is 4. The highest BCUT2D eigenvalue weighted by atomic mass is 16.7. The minimum Gasteiger partial charge on any atom is -0.403 e. The van der Waals surface area contributed by atoms with E-state index in [9.17, 15) is 0 Å². The second kappa shape index (κ2) is 6.79. The fraction of sp³-hybridized carbons (Fsp3) is 1.00. The van der Waals surface area contributed by atoms with Crippen LogP contribution in [0.4, 0.5) is 0 Å². The van der Waals surface area contributed by atoms with Crippen LogP contribution in [0.1, 0.15) is 87.5 Å². The van der Waals surface area contributed by atoms with Crippen LogP contribution in [0, 0.1) is 5.92 Å². The Labute approximate surface area is 161 Å². The second-order valence-corrected chi connectivity index (χ2v) is 10.6. The van der Waals surface area contributed by atoms with E-state index in [1.165, 1.54) is 32.1 Å². The van der Waals surface area contributed by atoms with Crippen LogP contribution in [0.25, 0.3) is 0 Å². The zero-order chi connectivity index (χ0) is 19.4. The van der Waals surface area contributed by atoms with Crippen molar-refractivity contribution in [2.24, 2.45) is 5.92 Å². The summed E-state index contributed by atoms with van der Waals surface area (Å²) in [5.41, 5.74) is -1.16. The van der Waals surface area contributed by atoms with E-state index in [1.54, 1.807) is 0 Å². The largest absolute Gasteiger partial charge is 0.460 e. The van der Waals surface area contributed by atoms with Crippen LogP contribution < -0.4 is 0 Å². The fourth-order valence-corrected chi connectivity index (χ4v) is 4.44. The molecule has 0 aromatic carbocycles. The maximum atomic E-state index is 6.46. The normalized spacial score (nSPS) is 31.4. The third-order valence-electron chi connectivity index (χ3n) is 7.64. The van der Waals surface area contributed by atoms with Crippen molar-refractivity contribution in [1.82, 2.24) is 0 Å². The molecule has 3 rings (SSSR count). The molecular formula is C20H38B2O4. The molecule has 2 saturated heterocycles. The first-order valence-corrected chi connectivity index (χ1v) is 10.6. The van der Waals surface area contributed by atoms with Gasteiger partial charge in [-0.3, -0.25) is 0 Å². The topological polar surface area (TPSA) is 36.9 Å². The predicted octanol–water partition coefficient (Wildman–Crippen LogP) is 5.12. The monoisotopic (exact) mass is 364 g/mol. The molecule has 1 atom stereocenters. The van der Waals surface area contributed by atoms with E-state index in [0.717, 1.165) is 6.32 Å². The summed E-state index contributed by atoms with van der Waals surface area (Å²) < 4.78 is 25.6. The number of hydrogen-bond donors (Lipinski definition) is 0. The molecule has 6 heteroatoms. The molecule has 0 N–H and O–H groups in total.